The summed E-state index contributed by atoms with van der Waals surface area (Å²) in [6.07, 6.45) is 0.403. The number of hydrogen-bond donors (Lipinski definition) is 2. The second-order valence-corrected chi connectivity index (χ2v) is 9.68. The first-order valence-corrected chi connectivity index (χ1v) is 12.7. The SMILES string of the molecule is CCOc1ccc(C2=NN(C3=NC(=O)C(CC(=O)NC(C)C(=O)O)S3)C(c3ccc(OC)cc3)C2)cc1. The predicted octanol–water partition coefficient (Wildman–Crippen LogP) is 3.22. The summed E-state index contributed by atoms with van der Waals surface area (Å²) in [4.78, 5) is 40.2. The van der Waals surface area contributed by atoms with Crippen molar-refractivity contribution < 1.29 is 29.0 Å². The van der Waals surface area contributed by atoms with Crippen LogP contribution in [0.5, 0.6) is 11.5 Å². The molecule has 2 aliphatic heterocycles. The number of hydrogen-bond acceptors (Lipinski definition) is 8. The van der Waals surface area contributed by atoms with Gasteiger partial charge < -0.3 is 19.9 Å². The lowest BCUT2D eigenvalue weighted by molar-refractivity contribution is -0.141. The summed E-state index contributed by atoms with van der Waals surface area (Å²) in [5.74, 6) is -0.620. The summed E-state index contributed by atoms with van der Waals surface area (Å²) >= 11 is 1.16. The van der Waals surface area contributed by atoms with Crippen molar-refractivity contribution in [2.24, 2.45) is 10.1 Å². The Bertz CT molecular complexity index is 1230. The van der Waals surface area contributed by atoms with Crippen molar-refractivity contribution in [1.29, 1.82) is 0 Å². The fourth-order valence-electron chi connectivity index (χ4n) is 3.99. The Labute approximate surface area is 218 Å². The van der Waals surface area contributed by atoms with Crippen LogP contribution in [0.2, 0.25) is 0 Å². The van der Waals surface area contributed by atoms with Gasteiger partial charge in [0.1, 0.15) is 22.8 Å². The number of benzene rings is 2. The highest BCUT2D eigenvalue weighted by molar-refractivity contribution is 8.15. The van der Waals surface area contributed by atoms with E-state index in [0.717, 1.165) is 40.1 Å². The number of amides is 2. The number of hydrazone groups is 1. The number of ether oxygens (including phenoxy) is 2. The van der Waals surface area contributed by atoms with Crippen molar-refractivity contribution in [2.75, 3.05) is 13.7 Å². The minimum absolute atomic E-state index is 0.176. The van der Waals surface area contributed by atoms with Gasteiger partial charge in [-0.1, -0.05) is 23.9 Å². The number of amidine groups is 1. The van der Waals surface area contributed by atoms with E-state index in [4.69, 9.17) is 19.7 Å². The van der Waals surface area contributed by atoms with Gasteiger partial charge in [0.25, 0.3) is 5.91 Å². The molecule has 2 aromatic rings. The second kappa shape index (κ2) is 11.5. The van der Waals surface area contributed by atoms with E-state index in [1.165, 1.54) is 6.92 Å². The standard InChI is InChI=1S/C26H28N4O6S/c1-4-36-19-11-5-16(6-12-19)20-13-21(17-7-9-18(35-3)10-8-17)30(29-20)26-28-24(32)22(37-26)14-23(31)27-15(2)25(33)34/h5-12,15,21-22H,4,13-14H2,1-3H3,(H,27,31)(H,33,34). The summed E-state index contributed by atoms with van der Waals surface area (Å²) in [6, 6.07) is 14.1. The third kappa shape index (κ3) is 6.11. The van der Waals surface area contributed by atoms with Crippen LogP contribution >= 0.6 is 11.8 Å². The Balaban J connectivity index is 1.56. The Hall–Kier alpha value is -3.86. The van der Waals surface area contributed by atoms with E-state index in [2.05, 4.69) is 10.3 Å². The molecule has 0 fully saturated rings. The van der Waals surface area contributed by atoms with Crippen molar-refractivity contribution in [3.8, 4) is 11.5 Å². The highest BCUT2D eigenvalue weighted by Crippen LogP contribution is 2.39. The largest absolute Gasteiger partial charge is 0.497 e. The number of carbonyl (C=O) groups excluding carboxylic acids is 2. The number of carboxylic acids is 1. The van der Waals surface area contributed by atoms with Crippen molar-refractivity contribution >= 4 is 40.4 Å². The maximum Gasteiger partial charge on any atom is 0.325 e. The molecule has 0 aromatic heterocycles. The van der Waals surface area contributed by atoms with Crippen LogP contribution in [-0.4, -0.2) is 63.8 Å². The number of aliphatic imine (C=N–C) groups is 1. The lowest BCUT2D eigenvalue weighted by atomic mass is 9.98. The topological polar surface area (TPSA) is 130 Å². The Morgan fingerprint density at radius 1 is 1.16 bits per heavy atom. The van der Waals surface area contributed by atoms with E-state index in [-0.39, 0.29) is 12.5 Å². The maximum absolute atomic E-state index is 12.7. The normalized spacial score (nSPS) is 19.8. The third-order valence-electron chi connectivity index (χ3n) is 5.95. The van der Waals surface area contributed by atoms with Crippen LogP contribution < -0.4 is 14.8 Å². The molecule has 3 unspecified atom stereocenters. The fourth-order valence-corrected chi connectivity index (χ4v) is 5.05. The molecule has 0 aliphatic carbocycles. The number of rotatable bonds is 9. The second-order valence-electron chi connectivity index (χ2n) is 8.51. The Morgan fingerprint density at radius 3 is 2.46 bits per heavy atom. The highest BCUT2D eigenvalue weighted by atomic mass is 32.2. The van der Waals surface area contributed by atoms with Crippen LogP contribution in [-0.2, 0) is 14.4 Å². The summed E-state index contributed by atoms with van der Waals surface area (Å²) in [6.45, 7) is 3.87. The minimum Gasteiger partial charge on any atom is -0.497 e. The van der Waals surface area contributed by atoms with Crippen LogP contribution in [0.1, 0.15) is 43.9 Å². The van der Waals surface area contributed by atoms with Crippen molar-refractivity contribution in [3.05, 3.63) is 59.7 Å². The zero-order valence-corrected chi connectivity index (χ0v) is 21.5. The lowest BCUT2D eigenvalue weighted by Gasteiger charge is -2.23. The first-order chi connectivity index (χ1) is 17.8. The van der Waals surface area contributed by atoms with E-state index in [1.54, 1.807) is 12.1 Å². The van der Waals surface area contributed by atoms with Crippen LogP contribution in [0.15, 0.2) is 58.6 Å². The van der Waals surface area contributed by atoms with E-state index in [1.807, 2.05) is 55.5 Å². The van der Waals surface area contributed by atoms with Crippen molar-refractivity contribution in [2.45, 2.75) is 44.0 Å². The van der Waals surface area contributed by atoms with Crippen molar-refractivity contribution in [3.63, 3.8) is 0 Å². The molecule has 2 aliphatic rings. The molecular weight excluding hydrogens is 496 g/mol. The molecule has 2 N–H and O–H groups in total. The van der Waals surface area contributed by atoms with Crippen LogP contribution in [0.4, 0.5) is 0 Å². The van der Waals surface area contributed by atoms with Gasteiger partial charge in [-0.25, -0.2) is 5.01 Å². The molecule has 3 atom stereocenters. The van der Waals surface area contributed by atoms with Gasteiger partial charge in [-0.3, -0.25) is 14.4 Å². The average Bonchev–Trinajstić information content (AvgIpc) is 3.48. The smallest absolute Gasteiger partial charge is 0.325 e. The fraction of sp³-hybridized carbons (Fsp3) is 0.346. The van der Waals surface area contributed by atoms with Gasteiger partial charge in [0, 0.05) is 12.8 Å². The zero-order chi connectivity index (χ0) is 26.5. The van der Waals surface area contributed by atoms with Gasteiger partial charge in [-0.2, -0.15) is 10.1 Å². The zero-order valence-electron chi connectivity index (χ0n) is 20.7. The third-order valence-corrected chi connectivity index (χ3v) is 7.10. The van der Waals surface area contributed by atoms with Gasteiger partial charge >= 0.3 is 5.97 Å². The van der Waals surface area contributed by atoms with Gasteiger partial charge in [-0.05, 0) is 61.4 Å². The number of methoxy groups -OCH3 is 1. The Morgan fingerprint density at radius 2 is 1.84 bits per heavy atom. The molecule has 0 bridgehead atoms. The number of thioether (sulfide) groups is 1. The molecule has 0 saturated carbocycles. The lowest BCUT2D eigenvalue weighted by Crippen LogP contribution is -2.39. The molecule has 194 valence electrons. The van der Waals surface area contributed by atoms with E-state index in [9.17, 15) is 14.4 Å². The predicted molar refractivity (Wildman–Crippen MR) is 140 cm³/mol. The summed E-state index contributed by atoms with van der Waals surface area (Å²) < 4.78 is 10.8. The van der Waals surface area contributed by atoms with Crippen LogP contribution in [0.3, 0.4) is 0 Å². The number of aliphatic carboxylic acids is 1. The number of nitrogens with one attached hydrogen (secondary N) is 1. The van der Waals surface area contributed by atoms with Gasteiger partial charge in [0.05, 0.1) is 25.5 Å². The van der Waals surface area contributed by atoms with E-state index >= 15 is 0 Å². The van der Waals surface area contributed by atoms with Crippen LogP contribution in [0.25, 0.3) is 0 Å². The molecule has 10 nitrogen and oxygen atoms in total. The quantitative estimate of drug-likeness (QED) is 0.512. The molecule has 0 saturated heterocycles. The average molecular weight is 525 g/mol. The first kappa shape index (κ1) is 26.2. The Kier molecular flexibility index (Phi) is 8.12. The first-order valence-electron chi connectivity index (χ1n) is 11.8. The van der Waals surface area contributed by atoms with Gasteiger partial charge in [0.2, 0.25) is 5.91 Å². The molecule has 2 amide bonds. The minimum atomic E-state index is -1.15. The summed E-state index contributed by atoms with van der Waals surface area (Å²) in [5, 5.41) is 17.6. The van der Waals surface area contributed by atoms with Crippen LogP contribution in [0, 0.1) is 0 Å². The van der Waals surface area contributed by atoms with Crippen molar-refractivity contribution in [1.82, 2.24) is 10.3 Å². The maximum atomic E-state index is 12.7. The molecule has 0 spiro atoms. The number of nitrogens with zero attached hydrogens (tertiary/aromatic N) is 3. The van der Waals surface area contributed by atoms with E-state index in [0.29, 0.717) is 18.2 Å². The monoisotopic (exact) mass is 524 g/mol. The molecule has 4 rings (SSSR count). The molecule has 37 heavy (non-hydrogen) atoms. The molecule has 0 radical (unpaired) electrons. The molecule has 11 heteroatoms. The highest BCUT2D eigenvalue weighted by Gasteiger charge is 2.39. The van der Waals surface area contributed by atoms with Gasteiger partial charge in [0.15, 0.2) is 5.17 Å². The van der Waals surface area contributed by atoms with E-state index < -0.39 is 29.1 Å². The molecule has 2 aromatic carbocycles. The number of carbonyl (C=O) groups is 3. The molecular formula is C26H28N4O6S. The summed E-state index contributed by atoms with van der Waals surface area (Å²) in [7, 11) is 1.60. The van der Waals surface area contributed by atoms with Gasteiger partial charge in [-0.15, -0.1) is 0 Å². The number of carboxylic acid groups (broad SMARTS) is 1. The molecule has 2 heterocycles. The summed E-state index contributed by atoms with van der Waals surface area (Å²) in [5.41, 5.74) is 2.73.